The third-order valence-electron chi connectivity index (χ3n) is 2.80. The van der Waals surface area contributed by atoms with Crippen LogP contribution in [-0.2, 0) is 22.8 Å². The molecule has 1 aromatic heterocycles. The fourth-order valence-corrected chi connectivity index (χ4v) is 3.30. The van der Waals surface area contributed by atoms with Crippen LogP contribution in [0.4, 0.5) is 5.69 Å². The van der Waals surface area contributed by atoms with E-state index in [4.69, 9.17) is 5.73 Å². The summed E-state index contributed by atoms with van der Waals surface area (Å²) in [6, 6.07) is 6.36. The summed E-state index contributed by atoms with van der Waals surface area (Å²) >= 11 is 0. The Labute approximate surface area is 117 Å². The minimum Gasteiger partial charge on any atom is -0.399 e. The fourth-order valence-electron chi connectivity index (χ4n) is 1.95. The van der Waals surface area contributed by atoms with E-state index in [0.717, 1.165) is 0 Å². The van der Waals surface area contributed by atoms with E-state index in [2.05, 4.69) is 14.9 Å². The second-order valence-corrected chi connectivity index (χ2v) is 6.40. The minimum atomic E-state index is -3.48. The van der Waals surface area contributed by atoms with Gasteiger partial charge in [-0.3, -0.25) is 0 Å². The van der Waals surface area contributed by atoms with Crippen LogP contribution in [0.3, 0.4) is 0 Å². The maximum Gasteiger partial charge on any atom is 0.216 e. The number of aryl methyl sites for hydroxylation is 1. The van der Waals surface area contributed by atoms with Gasteiger partial charge in [-0.25, -0.2) is 13.1 Å². The molecule has 2 rings (SSSR count). The summed E-state index contributed by atoms with van der Waals surface area (Å²) in [7, 11) is -1.72. The van der Waals surface area contributed by atoms with E-state index < -0.39 is 16.1 Å². The van der Waals surface area contributed by atoms with Crippen LogP contribution in [-0.4, -0.2) is 23.2 Å². The molecule has 7 nitrogen and oxygen atoms in total. The molecule has 0 bridgehead atoms. The molecule has 0 fully saturated rings. The Bertz CT molecular complexity index is 695. The van der Waals surface area contributed by atoms with Crippen molar-refractivity contribution in [2.24, 2.45) is 7.05 Å². The van der Waals surface area contributed by atoms with Crippen LogP contribution in [0, 0.1) is 0 Å². The van der Waals surface area contributed by atoms with Crippen molar-refractivity contribution in [1.82, 2.24) is 19.5 Å². The number of rotatable bonds is 5. The van der Waals surface area contributed by atoms with Gasteiger partial charge in [-0.2, -0.15) is 0 Å². The Kier molecular flexibility index (Phi) is 4.05. The van der Waals surface area contributed by atoms with Crippen LogP contribution in [0.5, 0.6) is 0 Å². The maximum absolute atomic E-state index is 12.1. The van der Waals surface area contributed by atoms with E-state index in [1.54, 1.807) is 42.8 Å². The summed E-state index contributed by atoms with van der Waals surface area (Å²) in [5.41, 5.74) is 6.82. The SMILES string of the molecule is CC(NS(=O)(=O)Cc1cccc(N)c1)c1nncn1C. The van der Waals surface area contributed by atoms with Crippen molar-refractivity contribution in [3.63, 3.8) is 0 Å². The second kappa shape index (κ2) is 5.59. The van der Waals surface area contributed by atoms with Gasteiger partial charge in [0.15, 0.2) is 0 Å². The molecule has 0 aliphatic heterocycles. The number of aromatic nitrogens is 3. The van der Waals surface area contributed by atoms with E-state index in [9.17, 15) is 8.42 Å². The minimum absolute atomic E-state index is 0.125. The first-order valence-corrected chi connectivity index (χ1v) is 7.71. The van der Waals surface area contributed by atoms with Gasteiger partial charge in [0.2, 0.25) is 10.0 Å². The number of sulfonamides is 1. The number of benzene rings is 1. The van der Waals surface area contributed by atoms with E-state index in [-0.39, 0.29) is 5.75 Å². The van der Waals surface area contributed by atoms with Gasteiger partial charge in [0.1, 0.15) is 12.2 Å². The van der Waals surface area contributed by atoms with Gasteiger partial charge < -0.3 is 10.3 Å². The summed E-state index contributed by atoms with van der Waals surface area (Å²) in [6.07, 6.45) is 1.53. The lowest BCUT2D eigenvalue weighted by Crippen LogP contribution is -2.29. The second-order valence-electron chi connectivity index (χ2n) is 4.64. The van der Waals surface area contributed by atoms with Crippen LogP contribution in [0.2, 0.25) is 0 Å². The zero-order valence-electron chi connectivity index (χ0n) is 11.3. The molecule has 2 aromatic rings. The Hall–Kier alpha value is -1.93. The molecule has 1 heterocycles. The first-order valence-electron chi connectivity index (χ1n) is 6.06. The van der Waals surface area contributed by atoms with Crippen molar-refractivity contribution in [3.05, 3.63) is 42.0 Å². The number of nitrogens with two attached hydrogens (primary N) is 1. The van der Waals surface area contributed by atoms with Crippen LogP contribution in [0.15, 0.2) is 30.6 Å². The summed E-state index contributed by atoms with van der Waals surface area (Å²) in [5.74, 6) is 0.432. The molecule has 0 aliphatic rings. The van der Waals surface area contributed by atoms with Crippen LogP contribution in [0.25, 0.3) is 0 Å². The molecule has 20 heavy (non-hydrogen) atoms. The molecule has 1 aromatic carbocycles. The molecule has 1 unspecified atom stereocenters. The number of hydrogen-bond donors (Lipinski definition) is 2. The third-order valence-corrected chi connectivity index (χ3v) is 4.22. The zero-order valence-corrected chi connectivity index (χ0v) is 12.1. The van der Waals surface area contributed by atoms with Gasteiger partial charge in [0.05, 0.1) is 11.8 Å². The molecule has 0 aliphatic carbocycles. The van der Waals surface area contributed by atoms with Gasteiger partial charge in [0, 0.05) is 12.7 Å². The van der Waals surface area contributed by atoms with Crippen molar-refractivity contribution in [1.29, 1.82) is 0 Å². The molecule has 1 atom stereocenters. The first kappa shape index (κ1) is 14.5. The van der Waals surface area contributed by atoms with Gasteiger partial charge in [-0.15, -0.1) is 10.2 Å². The lowest BCUT2D eigenvalue weighted by molar-refractivity contribution is 0.552. The van der Waals surface area contributed by atoms with E-state index in [1.807, 2.05) is 0 Å². The average Bonchev–Trinajstić information content (AvgIpc) is 2.74. The maximum atomic E-state index is 12.1. The van der Waals surface area contributed by atoms with Crippen LogP contribution >= 0.6 is 0 Å². The standard InChI is InChI=1S/C12H17N5O2S/c1-9(12-15-14-8-17(12)2)16-20(18,19)7-10-4-3-5-11(13)6-10/h3-6,8-9,16H,7,13H2,1-2H3. The Morgan fingerprint density at radius 1 is 1.45 bits per heavy atom. The monoisotopic (exact) mass is 295 g/mol. The summed E-state index contributed by atoms with van der Waals surface area (Å²) in [5, 5.41) is 7.62. The predicted octanol–water partition coefficient (Wildman–Crippen LogP) is 0.578. The summed E-state index contributed by atoms with van der Waals surface area (Å²) in [4.78, 5) is 0. The zero-order chi connectivity index (χ0) is 14.8. The Morgan fingerprint density at radius 3 is 2.80 bits per heavy atom. The average molecular weight is 295 g/mol. The topological polar surface area (TPSA) is 103 Å². The summed E-state index contributed by atoms with van der Waals surface area (Å²) < 4.78 is 28.5. The number of nitrogens with zero attached hydrogens (tertiary/aromatic N) is 3. The van der Waals surface area contributed by atoms with E-state index in [0.29, 0.717) is 17.1 Å². The van der Waals surface area contributed by atoms with Crippen molar-refractivity contribution < 1.29 is 8.42 Å². The highest BCUT2D eigenvalue weighted by Crippen LogP contribution is 2.13. The number of nitrogen functional groups attached to an aromatic ring is 1. The highest BCUT2D eigenvalue weighted by molar-refractivity contribution is 7.88. The molecule has 0 amide bonds. The number of hydrogen-bond acceptors (Lipinski definition) is 5. The molecule has 0 saturated carbocycles. The molecule has 8 heteroatoms. The largest absolute Gasteiger partial charge is 0.399 e. The van der Waals surface area contributed by atoms with Gasteiger partial charge in [0.25, 0.3) is 0 Å². The molecule has 0 saturated heterocycles. The molecular weight excluding hydrogens is 278 g/mol. The van der Waals surface area contributed by atoms with Gasteiger partial charge >= 0.3 is 0 Å². The van der Waals surface area contributed by atoms with Crippen molar-refractivity contribution >= 4 is 15.7 Å². The van der Waals surface area contributed by atoms with Gasteiger partial charge in [-0.1, -0.05) is 12.1 Å². The van der Waals surface area contributed by atoms with Crippen molar-refractivity contribution in [3.8, 4) is 0 Å². The highest BCUT2D eigenvalue weighted by atomic mass is 32.2. The van der Waals surface area contributed by atoms with Crippen LogP contribution in [0.1, 0.15) is 24.4 Å². The Balaban J connectivity index is 2.10. The molecular formula is C12H17N5O2S. The lowest BCUT2D eigenvalue weighted by atomic mass is 10.2. The lowest BCUT2D eigenvalue weighted by Gasteiger charge is -2.13. The van der Waals surface area contributed by atoms with Gasteiger partial charge in [-0.05, 0) is 24.6 Å². The van der Waals surface area contributed by atoms with Crippen molar-refractivity contribution in [2.45, 2.75) is 18.7 Å². The number of anilines is 1. The van der Waals surface area contributed by atoms with E-state index >= 15 is 0 Å². The molecule has 0 radical (unpaired) electrons. The first-order chi connectivity index (χ1) is 9.37. The quantitative estimate of drug-likeness (QED) is 0.785. The molecule has 0 spiro atoms. The number of nitrogens with one attached hydrogen (secondary N) is 1. The smallest absolute Gasteiger partial charge is 0.216 e. The van der Waals surface area contributed by atoms with Crippen molar-refractivity contribution in [2.75, 3.05) is 5.73 Å². The fraction of sp³-hybridized carbons (Fsp3) is 0.333. The molecule has 3 N–H and O–H groups in total. The van der Waals surface area contributed by atoms with Crippen LogP contribution < -0.4 is 10.5 Å². The summed E-state index contributed by atoms with van der Waals surface area (Å²) in [6.45, 7) is 1.72. The van der Waals surface area contributed by atoms with E-state index in [1.165, 1.54) is 6.33 Å². The molecule has 108 valence electrons. The third kappa shape index (κ3) is 3.55. The predicted molar refractivity (Wildman–Crippen MR) is 76.0 cm³/mol. The Morgan fingerprint density at radius 2 is 2.20 bits per heavy atom. The normalized spacial score (nSPS) is 13.3. The highest BCUT2D eigenvalue weighted by Gasteiger charge is 2.19.